The van der Waals surface area contributed by atoms with Gasteiger partial charge in [-0.2, -0.15) is 0 Å². The number of piperidine rings is 1. The Labute approximate surface area is 78.4 Å². The number of carboxylic acid groups (broad SMARTS) is 1. The summed E-state index contributed by atoms with van der Waals surface area (Å²) in [6.45, 7) is 9.61. The smallest absolute Gasteiger partial charge is 0.332 e. The third kappa shape index (κ3) is 3.03. The first-order valence-electron chi connectivity index (χ1n) is 4.39. The molecule has 0 aliphatic carbocycles. The molecule has 0 saturated carbocycles. The number of carbonyl (C=O) groups is 1. The first-order valence-corrected chi connectivity index (χ1v) is 4.39. The maximum Gasteiger partial charge on any atom is 0.332 e. The molecule has 0 aromatic heterocycles. The lowest BCUT2D eigenvalue weighted by Gasteiger charge is -2.27. The fourth-order valence-electron chi connectivity index (χ4n) is 1.50. The Bertz CT molecular complexity index is 245. The van der Waals surface area contributed by atoms with Crippen LogP contribution in [0.4, 0.5) is 0 Å². The van der Waals surface area contributed by atoms with Gasteiger partial charge < -0.3 is 5.11 Å². The molecule has 3 heteroatoms. The largest absolute Gasteiger partial charge is 0.478 e. The zero-order chi connectivity index (χ0) is 9.84. The predicted octanol–water partition coefficient (Wildman–Crippen LogP) is 1.28. The maximum absolute atomic E-state index is 10.5. The maximum atomic E-state index is 10.5. The number of carboxylic acids is 1. The predicted molar refractivity (Wildman–Crippen MR) is 51.6 cm³/mol. The number of hydrogen-bond donors (Lipinski definition) is 1. The second-order valence-electron chi connectivity index (χ2n) is 3.47. The monoisotopic (exact) mass is 181 g/mol. The molecule has 1 aliphatic heterocycles. The van der Waals surface area contributed by atoms with Gasteiger partial charge in [0, 0.05) is 18.7 Å². The van der Waals surface area contributed by atoms with Crippen LogP contribution >= 0.6 is 0 Å². The van der Waals surface area contributed by atoms with Crippen LogP contribution in [0.25, 0.3) is 0 Å². The average molecular weight is 181 g/mol. The molecule has 1 saturated heterocycles. The van der Waals surface area contributed by atoms with Crippen molar-refractivity contribution in [1.82, 2.24) is 4.90 Å². The molecule has 0 aromatic carbocycles. The SMILES string of the molecule is C=C1CCCN(CC(=C)C(=O)O)C1. The Morgan fingerprint density at radius 1 is 1.62 bits per heavy atom. The molecule has 1 N–H and O–H groups in total. The summed E-state index contributed by atoms with van der Waals surface area (Å²) in [5.41, 5.74) is 1.44. The third-order valence-corrected chi connectivity index (χ3v) is 2.17. The number of nitrogens with zero attached hydrogens (tertiary/aromatic N) is 1. The normalized spacial score (nSPS) is 18.6. The summed E-state index contributed by atoms with van der Waals surface area (Å²) in [5, 5.41) is 8.63. The van der Waals surface area contributed by atoms with Crippen molar-refractivity contribution >= 4 is 5.97 Å². The summed E-state index contributed by atoms with van der Waals surface area (Å²) < 4.78 is 0. The molecule has 72 valence electrons. The molecule has 1 aliphatic rings. The first kappa shape index (κ1) is 9.99. The van der Waals surface area contributed by atoms with E-state index in [1.54, 1.807) is 0 Å². The summed E-state index contributed by atoms with van der Waals surface area (Å²) >= 11 is 0. The van der Waals surface area contributed by atoms with E-state index in [9.17, 15) is 4.79 Å². The van der Waals surface area contributed by atoms with Crippen LogP contribution in [-0.4, -0.2) is 35.6 Å². The van der Waals surface area contributed by atoms with E-state index in [4.69, 9.17) is 5.11 Å². The summed E-state index contributed by atoms with van der Waals surface area (Å²) in [7, 11) is 0. The third-order valence-electron chi connectivity index (χ3n) is 2.17. The molecule has 1 fully saturated rings. The van der Waals surface area contributed by atoms with Crippen LogP contribution in [0.2, 0.25) is 0 Å². The summed E-state index contributed by atoms with van der Waals surface area (Å²) in [6, 6.07) is 0. The topological polar surface area (TPSA) is 40.5 Å². The zero-order valence-electron chi connectivity index (χ0n) is 7.75. The van der Waals surface area contributed by atoms with Gasteiger partial charge in [0.15, 0.2) is 0 Å². The lowest BCUT2D eigenvalue weighted by atomic mass is 10.1. The zero-order valence-corrected chi connectivity index (χ0v) is 7.75. The van der Waals surface area contributed by atoms with Gasteiger partial charge in [-0.1, -0.05) is 18.7 Å². The molecule has 0 radical (unpaired) electrons. The van der Waals surface area contributed by atoms with E-state index in [1.807, 2.05) is 0 Å². The lowest BCUT2D eigenvalue weighted by Crippen LogP contribution is -2.33. The van der Waals surface area contributed by atoms with Crippen molar-refractivity contribution in [2.24, 2.45) is 0 Å². The molecule has 3 nitrogen and oxygen atoms in total. The fraction of sp³-hybridized carbons (Fsp3) is 0.500. The van der Waals surface area contributed by atoms with Gasteiger partial charge in [0.1, 0.15) is 0 Å². The Kier molecular flexibility index (Phi) is 3.25. The number of rotatable bonds is 3. The Morgan fingerprint density at radius 2 is 2.31 bits per heavy atom. The van der Waals surface area contributed by atoms with Crippen molar-refractivity contribution in [1.29, 1.82) is 0 Å². The van der Waals surface area contributed by atoms with E-state index < -0.39 is 5.97 Å². The Hall–Kier alpha value is -1.09. The minimum Gasteiger partial charge on any atom is -0.478 e. The van der Waals surface area contributed by atoms with Gasteiger partial charge in [-0.25, -0.2) is 4.79 Å². The van der Waals surface area contributed by atoms with E-state index in [0.29, 0.717) is 6.54 Å². The van der Waals surface area contributed by atoms with Gasteiger partial charge in [-0.3, -0.25) is 4.90 Å². The van der Waals surface area contributed by atoms with Crippen LogP contribution in [0.3, 0.4) is 0 Å². The van der Waals surface area contributed by atoms with Crippen molar-refractivity contribution in [2.45, 2.75) is 12.8 Å². The van der Waals surface area contributed by atoms with Gasteiger partial charge in [0.2, 0.25) is 0 Å². The standard InChI is InChI=1S/C10H15NO2/c1-8-4-3-5-11(6-8)7-9(2)10(12)13/h1-7H2,(H,12,13). The summed E-state index contributed by atoms with van der Waals surface area (Å²) in [5.74, 6) is -0.906. The van der Waals surface area contributed by atoms with Crippen molar-refractivity contribution < 1.29 is 9.90 Å². The highest BCUT2D eigenvalue weighted by Gasteiger charge is 2.15. The minimum absolute atomic E-state index is 0.259. The molecular formula is C10H15NO2. The highest BCUT2D eigenvalue weighted by atomic mass is 16.4. The molecule has 1 heterocycles. The molecule has 0 bridgehead atoms. The van der Waals surface area contributed by atoms with Crippen LogP contribution in [0.15, 0.2) is 24.3 Å². The Balaban J connectivity index is 2.40. The van der Waals surface area contributed by atoms with Crippen molar-refractivity contribution in [2.75, 3.05) is 19.6 Å². The van der Waals surface area contributed by atoms with Gasteiger partial charge in [-0.05, 0) is 19.4 Å². The van der Waals surface area contributed by atoms with Crippen LogP contribution in [0.5, 0.6) is 0 Å². The molecule has 0 aromatic rings. The van der Waals surface area contributed by atoms with Crippen molar-refractivity contribution in [3.05, 3.63) is 24.3 Å². The number of aliphatic carboxylic acids is 1. The molecule has 13 heavy (non-hydrogen) atoms. The van der Waals surface area contributed by atoms with E-state index >= 15 is 0 Å². The van der Waals surface area contributed by atoms with Crippen LogP contribution < -0.4 is 0 Å². The first-order chi connectivity index (χ1) is 6.09. The lowest BCUT2D eigenvalue weighted by molar-refractivity contribution is -0.132. The number of hydrogen-bond acceptors (Lipinski definition) is 2. The fourth-order valence-corrected chi connectivity index (χ4v) is 1.50. The molecule has 0 atom stereocenters. The van der Waals surface area contributed by atoms with Gasteiger partial charge in [-0.15, -0.1) is 0 Å². The minimum atomic E-state index is -0.906. The molecule has 0 amide bonds. The van der Waals surface area contributed by atoms with Crippen LogP contribution in [-0.2, 0) is 4.79 Å². The van der Waals surface area contributed by atoms with Crippen molar-refractivity contribution in [3.8, 4) is 0 Å². The molecule has 0 unspecified atom stereocenters. The highest BCUT2D eigenvalue weighted by Crippen LogP contribution is 2.14. The van der Waals surface area contributed by atoms with Gasteiger partial charge >= 0.3 is 5.97 Å². The second kappa shape index (κ2) is 4.23. The highest BCUT2D eigenvalue weighted by molar-refractivity contribution is 5.86. The Morgan fingerprint density at radius 3 is 2.85 bits per heavy atom. The van der Waals surface area contributed by atoms with Crippen molar-refractivity contribution in [3.63, 3.8) is 0 Å². The van der Waals surface area contributed by atoms with Crippen LogP contribution in [0, 0.1) is 0 Å². The average Bonchev–Trinajstić information content (AvgIpc) is 2.04. The van der Waals surface area contributed by atoms with E-state index in [2.05, 4.69) is 18.1 Å². The van der Waals surface area contributed by atoms with E-state index in [1.165, 1.54) is 5.57 Å². The summed E-state index contributed by atoms with van der Waals surface area (Å²) in [6.07, 6.45) is 2.14. The quantitative estimate of drug-likeness (QED) is 0.526. The second-order valence-corrected chi connectivity index (χ2v) is 3.47. The molecular weight excluding hydrogens is 166 g/mol. The van der Waals surface area contributed by atoms with Gasteiger partial charge in [0.05, 0.1) is 0 Å². The number of likely N-dealkylation sites (tertiary alicyclic amines) is 1. The van der Waals surface area contributed by atoms with Crippen LogP contribution in [0.1, 0.15) is 12.8 Å². The van der Waals surface area contributed by atoms with E-state index in [0.717, 1.165) is 25.9 Å². The summed E-state index contributed by atoms with van der Waals surface area (Å²) in [4.78, 5) is 12.6. The van der Waals surface area contributed by atoms with Gasteiger partial charge in [0.25, 0.3) is 0 Å². The molecule has 0 spiro atoms. The van der Waals surface area contributed by atoms with E-state index in [-0.39, 0.29) is 5.57 Å². The molecule has 1 rings (SSSR count).